The predicted molar refractivity (Wildman–Crippen MR) is 119 cm³/mol. The highest BCUT2D eigenvalue weighted by Crippen LogP contribution is 2.26. The van der Waals surface area contributed by atoms with Crippen molar-refractivity contribution in [2.75, 3.05) is 0 Å². The second-order valence-electron chi connectivity index (χ2n) is 7.48. The molecule has 1 aromatic heterocycles. The molecule has 2 aromatic carbocycles. The Hall–Kier alpha value is -2.50. The summed E-state index contributed by atoms with van der Waals surface area (Å²) in [6.45, 7) is 0.937. The van der Waals surface area contributed by atoms with Crippen LogP contribution in [0.4, 0.5) is 0 Å². The Morgan fingerprint density at radius 2 is 1.97 bits per heavy atom. The minimum absolute atomic E-state index is 0.0883. The number of amides is 1. The highest BCUT2D eigenvalue weighted by atomic mass is 35.5. The lowest BCUT2D eigenvalue weighted by Crippen LogP contribution is -2.42. The van der Waals surface area contributed by atoms with Crippen LogP contribution >= 0.6 is 23.2 Å². The zero-order valence-electron chi connectivity index (χ0n) is 16.8. The van der Waals surface area contributed by atoms with Crippen LogP contribution in [0.1, 0.15) is 22.3 Å². The zero-order chi connectivity index (χ0) is 22.9. The summed E-state index contributed by atoms with van der Waals surface area (Å²) < 4.78 is 26.9. The van der Waals surface area contributed by atoms with Crippen LogP contribution in [-0.4, -0.2) is 40.7 Å². The summed E-state index contributed by atoms with van der Waals surface area (Å²) in [5, 5.41) is 10.2. The number of carbonyl (C=O) groups excluding carboxylic acids is 1. The van der Waals surface area contributed by atoms with E-state index in [1.54, 1.807) is 23.1 Å². The standard InChI is InChI=1S/C20H20Cl2N6O3S/c21-16-4-3-13(17(22)7-16)6-18(23)20(29)28-10-14-2-1-12(5-15(14)11-28)8-25-32(30,31)19-9-24-27-26-19/h1-5,7,9,18,25H,6,8,10-11,23H2,(H,24,26,27)/t18-/m1/s1. The van der Waals surface area contributed by atoms with Gasteiger partial charge in [0, 0.05) is 29.7 Å². The van der Waals surface area contributed by atoms with Crippen LogP contribution in [0.15, 0.2) is 47.6 Å². The van der Waals surface area contributed by atoms with Gasteiger partial charge in [0.25, 0.3) is 10.0 Å². The zero-order valence-corrected chi connectivity index (χ0v) is 19.1. The van der Waals surface area contributed by atoms with Crippen molar-refractivity contribution in [1.29, 1.82) is 0 Å². The normalized spacial score (nSPS) is 14.4. The minimum atomic E-state index is -3.76. The van der Waals surface area contributed by atoms with Gasteiger partial charge in [0.2, 0.25) is 10.9 Å². The van der Waals surface area contributed by atoms with E-state index < -0.39 is 16.1 Å². The molecule has 0 spiro atoms. The molecule has 1 amide bonds. The summed E-state index contributed by atoms with van der Waals surface area (Å²) in [4.78, 5) is 14.6. The van der Waals surface area contributed by atoms with Gasteiger partial charge in [0.1, 0.15) is 0 Å². The Kier molecular flexibility index (Phi) is 6.50. The van der Waals surface area contributed by atoms with E-state index in [2.05, 4.69) is 20.1 Å². The molecular weight excluding hydrogens is 475 g/mol. The first-order valence-corrected chi connectivity index (χ1v) is 11.9. The number of nitrogens with one attached hydrogen (secondary N) is 2. The summed E-state index contributed by atoms with van der Waals surface area (Å²) in [5.41, 5.74) is 9.65. The number of nitrogens with two attached hydrogens (primary N) is 1. The molecule has 0 aliphatic carbocycles. The number of fused-ring (bicyclic) bond motifs is 1. The Morgan fingerprint density at radius 1 is 1.19 bits per heavy atom. The van der Waals surface area contributed by atoms with Gasteiger partial charge in [0.05, 0.1) is 12.2 Å². The molecular formula is C20H20Cl2N6O3S. The first-order valence-electron chi connectivity index (χ1n) is 9.67. The number of hydrogen-bond acceptors (Lipinski definition) is 6. The van der Waals surface area contributed by atoms with Crippen LogP contribution in [0.3, 0.4) is 0 Å². The number of halogens is 2. The Morgan fingerprint density at radius 3 is 2.69 bits per heavy atom. The molecule has 2 heterocycles. The van der Waals surface area contributed by atoms with Crippen LogP contribution in [-0.2, 0) is 40.9 Å². The highest BCUT2D eigenvalue weighted by Gasteiger charge is 2.28. The fourth-order valence-corrected chi connectivity index (χ4v) is 4.88. The van der Waals surface area contributed by atoms with Crippen molar-refractivity contribution in [1.82, 2.24) is 25.0 Å². The van der Waals surface area contributed by atoms with Gasteiger partial charge >= 0.3 is 0 Å². The molecule has 0 saturated carbocycles. The molecule has 1 aliphatic rings. The molecule has 0 fully saturated rings. The van der Waals surface area contributed by atoms with E-state index >= 15 is 0 Å². The monoisotopic (exact) mass is 494 g/mol. The van der Waals surface area contributed by atoms with E-state index in [1.807, 2.05) is 18.2 Å². The van der Waals surface area contributed by atoms with Crippen LogP contribution in [0.5, 0.6) is 0 Å². The minimum Gasteiger partial charge on any atom is -0.333 e. The molecule has 12 heteroatoms. The third-order valence-electron chi connectivity index (χ3n) is 5.21. The third-order valence-corrected chi connectivity index (χ3v) is 7.07. The lowest BCUT2D eigenvalue weighted by atomic mass is 10.1. The van der Waals surface area contributed by atoms with Crippen molar-refractivity contribution in [3.8, 4) is 0 Å². The molecule has 4 rings (SSSR count). The topological polar surface area (TPSA) is 134 Å². The van der Waals surface area contributed by atoms with Crippen LogP contribution in [0.25, 0.3) is 0 Å². The van der Waals surface area contributed by atoms with E-state index in [0.29, 0.717) is 29.6 Å². The lowest BCUT2D eigenvalue weighted by Gasteiger charge is -2.20. The molecule has 0 saturated heterocycles. The van der Waals surface area contributed by atoms with E-state index in [4.69, 9.17) is 28.9 Å². The maximum absolute atomic E-state index is 12.9. The van der Waals surface area contributed by atoms with Crippen molar-refractivity contribution in [3.63, 3.8) is 0 Å². The Balaban J connectivity index is 1.38. The highest BCUT2D eigenvalue weighted by molar-refractivity contribution is 7.89. The van der Waals surface area contributed by atoms with Gasteiger partial charge < -0.3 is 10.6 Å². The molecule has 0 bridgehead atoms. The first-order chi connectivity index (χ1) is 15.2. The van der Waals surface area contributed by atoms with Crippen LogP contribution in [0, 0.1) is 0 Å². The lowest BCUT2D eigenvalue weighted by molar-refractivity contribution is -0.133. The van der Waals surface area contributed by atoms with Gasteiger partial charge in [-0.2, -0.15) is 10.3 Å². The summed E-state index contributed by atoms with van der Waals surface area (Å²) in [7, 11) is -3.76. The number of sulfonamides is 1. The van der Waals surface area contributed by atoms with Crippen molar-refractivity contribution < 1.29 is 13.2 Å². The molecule has 168 valence electrons. The van der Waals surface area contributed by atoms with E-state index in [9.17, 15) is 13.2 Å². The molecule has 32 heavy (non-hydrogen) atoms. The van der Waals surface area contributed by atoms with E-state index in [1.165, 1.54) is 0 Å². The molecule has 3 aromatic rings. The van der Waals surface area contributed by atoms with Gasteiger partial charge in [-0.1, -0.05) is 47.5 Å². The van der Waals surface area contributed by atoms with Crippen molar-refractivity contribution in [3.05, 3.63) is 74.9 Å². The van der Waals surface area contributed by atoms with Crippen LogP contribution < -0.4 is 10.5 Å². The van der Waals surface area contributed by atoms with Gasteiger partial charge in [-0.25, -0.2) is 13.1 Å². The number of nitrogens with zero attached hydrogens (tertiary/aromatic N) is 3. The largest absolute Gasteiger partial charge is 0.333 e. The van der Waals surface area contributed by atoms with Gasteiger partial charge in [-0.3, -0.25) is 4.79 Å². The number of hydrogen-bond donors (Lipinski definition) is 3. The van der Waals surface area contributed by atoms with Crippen molar-refractivity contribution in [2.45, 2.75) is 37.1 Å². The Labute approximate surface area is 194 Å². The number of rotatable bonds is 7. The smallest absolute Gasteiger partial charge is 0.261 e. The number of H-pyrrole nitrogens is 1. The maximum Gasteiger partial charge on any atom is 0.261 e. The summed E-state index contributed by atoms with van der Waals surface area (Å²) in [6.07, 6.45) is 1.44. The Bertz CT molecular complexity index is 1250. The quantitative estimate of drug-likeness (QED) is 0.459. The molecule has 9 nitrogen and oxygen atoms in total. The van der Waals surface area contributed by atoms with Crippen LogP contribution in [0.2, 0.25) is 10.0 Å². The van der Waals surface area contributed by atoms with E-state index in [-0.39, 0.29) is 17.5 Å². The van der Waals surface area contributed by atoms with Crippen molar-refractivity contribution >= 4 is 39.1 Å². The fourth-order valence-electron chi connectivity index (χ4n) is 3.53. The molecule has 4 N–H and O–H groups in total. The SMILES string of the molecule is N[C@H](Cc1ccc(Cl)cc1Cl)C(=O)N1Cc2ccc(CNS(=O)(=O)c3cn[nH]n3)cc2C1. The molecule has 1 atom stereocenters. The summed E-state index contributed by atoms with van der Waals surface area (Å²) in [6, 6.07) is 9.97. The number of aromatic nitrogens is 3. The summed E-state index contributed by atoms with van der Waals surface area (Å²) >= 11 is 12.1. The maximum atomic E-state index is 12.9. The average Bonchev–Trinajstić information content (AvgIpc) is 3.44. The van der Waals surface area contributed by atoms with Crippen molar-refractivity contribution in [2.24, 2.45) is 5.73 Å². The van der Waals surface area contributed by atoms with E-state index in [0.717, 1.165) is 28.5 Å². The number of benzene rings is 2. The summed E-state index contributed by atoms with van der Waals surface area (Å²) in [5.74, 6) is -0.180. The first kappa shape index (κ1) is 22.7. The van der Waals surface area contributed by atoms with Gasteiger partial charge in [-0.05, 0) is 40.8 Å². The number of carbonyl (C=O) groups is 1. The molecule has 0 radical (unpaired) electrons. The predicted octanol–water partition coefficient (Wildman–Crippen LogP) is 2.00. The second kappa shape index (κ2) is 9.16. The average molecular weight is 495 g/mol. The number of aromatic amines is 1. The van der Waals surface area contributed by atoms with Gasteiger partial charge in [-0.15, -0.1) is 5.10 Å². The van der Waals surface area contributed by atoms with Gasteiger partial charge in [0.15, 0.2) is 0 Å². The fraction of sp³-hybridized carbons (Fsp3) is 0.250. The third kappa shape index (κ3) is 4.94. The second-order valence-corrected chi connectivity index (χ2v) is 10.0. The molecule has 1 aliphatic heterocycles. The molecule has 0 unspecified atom stereocenters.